The summed E-state index contributed by atoms with van der Waals surface area (Å²) in [6.07, 6.45) is 3.66. The Bertz CT molecular complexity index is 269. The molecule has 1 rings (SSSR count). The Labute approximate surface area is 89.6 Å². The summed E-state index contributed by atoms with van der Waals surface area (Å²) < 4.78 is 10.2. The average molecular weight is 211 g/mol. The zero-order valence-electron chi connectivity index (χ0n) is 8.99. The molecule has 15 heavy (non-hydrogen) atoms. The lowest BCUT2D eigenvalue weighted by molar-refractivity contribution is 0.0886. The van der Waals surface area contributed by atoms with E-state index in [0.717, 1.165) is 19.4 Å². The first-order chi connectivity index (χ1) is 7.34. The Balaban J connectivity index is 2.03. The van der Waals surface area contributed by atoms with E-state index in [4.69, 9.17) is 9.15 Å². The van der Waals surface area contributed by atoms with E-state index >= 15 is 0 Å². The molecule has 0 aliphatic carbocycles. The molecule has 0 saturated heterocycles. The van der Waals surface area contributed by atoms with Crippen LogP contribution in [0.1, 0.15) is 30.3 Å². The minimum Gasteiger partial charge on any atom is -0.459 e. The third kappa shape index (κ3) is 4.65. The summed E-state index contributed by atoms with van der Waals surface area (Å²) in [5.41, 5.74) is 0. The highest BCUT2D eigenvalue weighted by Gasteiger charge is 2.06. The molecule has 0 radical (unpaired) electrons. The van der Waals surface area contributed by atoms with Crippen molar-refractivity contribution in [3.8, 4) is 0 Å². The molecule has 1 N–H and O–H groups in total. The lowest BCUT2D eigenvalue weighted by atomic mass is 10.4. The fourth-order valence-corrected chi connectivity index (χ4v) is 1.08. The summed E-state index contributed by atoms with van der Waals surface area (Å²) in [7, 11) is 0. The molecule has 0 unspecified atom stereocenters. The first-order valence-corrected chi connectivity index (χ1v) is 5.24. The predicted octanol–water partition coefficient (Wildman–Crippen LogP) is 1.83. The molecule has 4 heteroatoms. The Morgan fingerprint density at radius 2 is 2.40 bits per heavy atom. The maximum Gasteiger partial charge on any atom is 0.287 e. The molecular weight excluding hydrogens is 194 g/mol. The van der Waals surface area contributed by atoms with Gasteiger partial charge in [0.2, 0.25) is 0 Å². The maximum atomic E-state index is 11.3. The van der Waals surface area contributed by atoms with E-state index in [2.05, 4.69) is 12.2 Å². The van der Waals surface area contributed by atoms with Crippen LogP contribution < -0.4 is 5.32 Å². The van der Waals surface area contributed by atoms with Crippen molar-refractivity contribution in [1.29, 1.82) is 0 Å². The van der Waals surface area contributed by atoms with Gasteiger partial charge in [0, 0.05) is 13.2 Å². The predicted molar refractivity (Wildman–Crippen MR) is 56.8 cm³/mol. The molecule has 0 aliphatic heterocycles. The molecule has 4 nitrogen and oxygen atoms in total. The number of carbonyl (C=O) groups excluding carboxylic acids is 1. The van der Waals surface area contributed by atoms with Crippen molar-refractivity contribution in [3.05, 3.63) is 24.2 Å². The van der Waals surface area contributed by atoms with Crippen LogP contribution in [-0.4, -0.2) is 25.7 Å². The van der Waals surface area contributed by atoms with Gasteiger partial charge in [0.1, 0.15) is 0 Å². The van der Waals surface area contributed by atoms with E-state index in [9.17, 15) is 4.79 Å². The van der Waals surface area contributed by atoms with Gasteiger partial charge in [-0.25, -0.2) is 0 Å². The summed E-state index contributed by atoms with van der Waals surface area (Å²) in [6.45, 7) is 3.94. The van der Waals surface area contributed by atoms with Crippen LogP contribution in [0.3, 0.4) is 0 Å². The normalized spacial score (nSPS) is 10.2. The van der Waals surface area contributed by atoms with Crippen molar-refractivity contribution >= 4 is 5.91 Å². The molecule has 84 valence electrons. The van der Waals surface area contributed by atoms with Gasteiger partial charge in [-0.3, -0.25) is 4.79 Å². The molecule has 1 aromatic rings. The minimum absolute atomic E-state index is 0.195. The number of hydrogen-bond acceptors (Lipinski definition) is 3. The second-order valence-electron chi connectivity index (χ2n) is 3.20. The van der Waals surface area contributed by atoms with Crippen molar-refractivity contribution in [3.63, 3.8) is 0 Å². The highest BCUT2D eigenvalue weighted by atomic mass is 16.5. The van der Waals surface area contributed by atoms with Crippen molar-refractivity contribution < 1.29 is 13.9 Å². The van der Waals surface area contributed by atoms with Crippen LogP contribution in [0.25, 0.3) is 0 Å². The van der Waals surface area contributed by atoms with Crippen molar-refractivity contribution in [2.24, 2.45) is 0 Å². The van der Waals surface area contributed by atoms with Gasteiger partial charge >= 0.3 is 0 Å². The number of nitrogens with one attached hydrogen (secondary N) is 1. The number of carbonyl (C=O) groups is 1. The zero-order valence-corrected chi connectivity index (χ0v) is 8.99. The fourth-order valence-electron chi connectivity index (χ4n) is 1.08. The molecular formula is C11H17NO3. The van der Waals surface area contributed by atoms with Crippen LogP contribution in [0.4, 0.5) is 0 Å². The summed E-state index contributed by atoms with van der Waals surface area (Å²) in [4.78, 5) is 11.3. The van der Waals surface area contributed by atoms with E-state index in [1.54, 1.807) is 12.1 Å². The summed E-state index contributed by atoms with van der Waals surface area (Å²) in [6, 6.07) is 3.32. The van der Waals surface area contributed by atoms with E-state index in [0.29, 0.717) is 18.9 Å². The SMILES string of the molecule is CCCCOCCNC(=O)c1ccco1. The second kappa shape index (κ2) is 7.06. The molecule has 1 heterocycles. The Kier molecular flexibility index (Phi) is 5.55. The molecule has 1 aromatic heterocycles. The summed E-state index contributed by atoms with van der Waals surface area (Å²) >= 11 is 0. The van der Waals surface area contributed by atoms with E-state index in [1.807, 2.05) is 0 Å². The number of amides is 1. The quantitative estimate of drug-likeness (QED) is 0.700. The van der Waals surface area contributed by atoms with Crippen molar-refractivity contribution in [2.75, 3.05) is 19.8 Å². The fraction of sp³-hybridized carbons (Fsp3) is 0.545. The van der Waals surface area contributed by atoms with E-state index in [-0.39, 0.29) is 5.91 Å². The van der Waals surface area contributed by atoms with Gasteiger partial charge in [0.05, 0.1) is 12.9 Å². The standard InChI is InChI=1S/C11H17NO3/c1-2-3-7-14-9-6-12-11(13)10-5-4-8-15-10/h4-5,8H,2-3,6-7,9H2,1H3,(H,12,13). The molecule has 0 fully saturated rings. The van der Waals surface area contributed by atoms with Gasteiger partial charge in [0.15, 0.2) is 5.76 Å². The van der Waals surface area contributed by atoms with Gasteiger partial charge in [-0.1, -0.05) is 13.3 Å². The molecule has 0 aromatic carbocycles. The summed E-state index contributed by atoms with van der Waals surface area (Å²) in [5, 5.41) is 2.70. The number of unbranched alkanes of at least 4 members (excludes halogenated alkanes) is 1. The van der Waals surface area contributed by atoms with Crippen LogP contribution in [-0.2, 0) is 4.74 Å². The third-order valence-electron chi connectivity index (χ3n) is 1.92. The van der Waals surface area contributed by atoms with Gasteiger partial charge in [-0.05, 0) is 18.6 Å². The Morgan fingerprint density at radius 1 is 1.53 bits per heavy atom. The van der Waals surface area contributed by atoms with E-state index in [1.165, 1.54) is 6.26 Å². The van der Waals surface area contributed by atoms with Crippen LogP contribution in [0.5, 0.6) is 0 Å². The molecule has 0 aliphatic rings. The first-order valence-electron chi connectivity index (χ1n) is 5.24. The van der Waals surface area contributed by atoms with Gasteiger partial charge in [0.25, 0.3) is 5.91 Å². The number of ether oxygens (including phenoxy) is 1. The zero-order chi connectivity index (χ0) is 10.9. The molecule has 0 spiro atoms. The van der Waals surface area contributed by atoms with E-state index < -0.39 is 0 Å². The van der Waals surface area contributed by atoms with Crippen molar-refractivity contribution in [2.45, 2.75) is 19.8 Å². The van der Waals surface area contributed by atoms with Crippen LogP contribution in [0.2, 0.25) is 0 Å². The molecule has 0 saturated carbocycles. The van der Waals surface area contributed by atoms with Crippen LogP contribution in [0.15, 0.2) is 22.8 Å². The second-order valence-corrected chi connectivity index (χ2v) is 3.20. The number of hydrogen-bond donors (Lipinski definition) is 1. The van der Waals surface area contributed by atoms with Gasteiger partial charge < -0.3 is 14.5 Å². The average Bonchev–Trinajstić information content (AvgIpc) is 2.76. The van der Waals surface area contributed by atoms with Crippen molar-refractivity contribution in [1.82, 2.24) is 5.32 Å². The van der Waals surface area contributed by atoms with Crippen LogP contribution in [0, 0.1) is 0 Å². The summed E-state index contributed by atoms with van der Waals surface area (Å²) in [5.74, 6) is 0.141. The highest BCUT2D eigenvalue weighted by Crippen LogP contribution is 1.98. The molecule has 0 bridgehead atoms. The Hall–Kier alpha value is -1.29. The topological polar surface area (TPSA) is 51.5 Å². The van der Waals surface area contributed by atoms with Crippen LogP contribution >= 0.6 is 0 Å². The maximum absolute atomic E-state index is 11.3. The monoisotopic (exact) mass is 211 g/mol. The van der Waals surface area contributed by atoms with Gasteiger partial charge in [-0.2, -0.15) is 0 Å². The van der Waals surface area contributed by atoms with Gasteiger partial charge in [-0.15, -0.1) is 0 Å². The minimum atomic E-state index is -0.195. The lowest BCUT2D eigenvalue weighted by Gasteiger charge is -2.04. The third-order valence-corrected chi connectivity index (χ3v) is 1.92. The Morgan fingerprint density at radius 3 is 3.07 bits per heavy atom. The first kappa shape index (κ1) is 11.8. The largest absolute Gasteiger partial charge is 0.459 e. The molecule has 0 atom stereocenters. The smallest absolute Gasteiger partial charge is 0.287 e. The molecule has 1 amide bonds. The lowest BCUT2D eigenvalue weighted by Crippen LogP contribution is -2.26. The highest BCUT2D eigenvalue weighted by molar-refractivity contribution is 5.91. The number of furan rings is 1. The number of rotatable bonds is 7.